The summed E-state index contributed by atoms with van der Waals surface area (Å²) < 4.78 is 44.6. The van der Waals surface area contributed by atoms with Gasteiger partial charge in [-0.3, -0.25) is 19.1 Å². The van der Waals surface area contributed by atoms with Crippen molar-refractivity contribution in [1.82, 2.24) is 44.5 Å². The molecule has 0 spiro atoms. The molecule has 3 N–H and O–H groups in total. The van der Waals surface area contributed by atoms with E-state index in [2.05, 4.69) is 35.7 Å². The minimum Gasteiger partial charge on any atom is -0.364 e. The fourth-order valence-electron chi connectivity index (χ4n) is 5.12. The van der Waals surface area contributed by atoms with Crippen LogP contribution in [0.4, 0.5) is 19.0 Å². The fourth-order valence-corrected chi connectivity index (χ4v) is 5.12. The molecule has 0 unspecified atom stereocenters. The number of alkyl halides is 3. The lowest BCUT2D eigenvalue weighted by molar-refractivity contribution is -0.137. The molecule has 4 aromatic heterocycles. The van der Waals surface area contributed by atoms with E-state index in [1.165, 1.54) is 16.9 Å². The molecule has 6 rings (SSSR count). The van der Waals surface area contributed by atoms with Crippen LogP contribution in [-0.2, 0) is 22.1 Å². The Morgan fingerprint density at radius 3 is 2.59 bits per heavy atom. The molecular formula is C27H24F3N11O3. The Kier molecular flexibility index (Phi) is 6.94. The number of likely N-dealkylation sites (tertiary alicyclic amines) is 1. The number of hydrogen-bond acceptors (Lipinski definition) is 9. The minimum atomic E-state index is -3.36. The van der Waals surface area contributed by atoms with Gasteiger partial charge in [-0.15, -0.1) is 5.10 Å². The van der Waals surface area contributed by atoms with Gasteiger partial charge in [-0.05, 0) is 30.7 Å². The van der Waals surface area contributed by atoms with Crippen LogP contribution in [-0.4, -0.2) is 80.9 Å². The van der Waals surface area contributed by atoms with Crippen LogP contribution in [0.25, 0.3) is 27.8 Å². The lowest BCUT2D eigenvalue weighted by Crippen LogP contribution is -2.44. The van der Waals surface area contributed by atoms with E-state index >= 15 is 0 Å². The Morgan fingerprint density at radius 2 is 1.89 bits per heavy atom. The largest absolute Gasteiger partial charge is 0.364 e. The van der Waals surface area contributed by atoms with Gasteiger partial charge in [0.15, 0.2) is 5.69 Å². The van der Waals surface area contributed by atoms with Crippen molar-refractivity contribution in [3.8, 4) is 11.1 Å². The zero-order chi connectivity index (χ0) is 31.3. The van der Waals surface area contributed by atoms with Crippen LogP contribution in [0.2, 0.25) is 0 Å². The molecule has 0 bridgehead atoms. The molecule has 0 saturated carbocycles. The number of hydrogen-bond donors (Lipinski definition) is 2. The molecule has 1 aliphatic heterocycles. The molecule has 5 aromatic rings. The summed E-state index contributed by atoms with van der Waals surface area (Å²) in [7, 11) is 0. The van der Waals surface area contributed by atoms with Gasteiger partial charge < -0.3 is 16.0 Å². The molecule has 0 radical (unpaired) electrons. The Bertz CT molecular complexity index is 1940. The molecule has 17 heteroatoms. The van der Waals surface area contributed by atoms with Crippen molar-refractivity contribution in [1.29, 1.82) is 0 Å². The summed E-state index contributed by atoms with van der Waals surface area (Å²) in [6.07, 6.45) is 1.26. The highest BCUT2D eigenvalue weighted by Crippen LogP contribution is 2.28. The Hall–Kier alpha value is -5.48. The third-order valence-corrected chi connectivity index (χ3v) is 7.14. The Labute approximate surface area is 246 Å². The van der Waals surface area contributed by atoms with E-state index in [-0.39, 0.29) is 30.3 Å². The van der Waals surface area contributed by atoms with Gasteiger partial charge in [0, 0.05) is 36.1 Å². The van der Waals surface area contributed by atoms with Gasteiger partial charge in [0.05, 0.1) is 24.5 Å². The number of nitrogens with one attached hydrogen (secondary N) is 1. The monoisotopic (exact) mass is 607 g/mol. The molecule has 1 saturated heterocycles. The topological polar surface area (TPSA) is 179 Å². The molecule has 1 aromatic carbocycles. The number of amides is 3. The first-order valence-electron chi connectivity index (χ1n) is 13.3. The SMILES string of the molecule is Cc1cc(NC(=O)[C@@H]2C[C@@H](F)CN2C(=O)Cn2nc(C(N)=O)c3cc(-c4ccnnc4)ccc32)n2nc(C(C)(F)F)nc2n1. The highest BCUT2D eigenvalue weighted by atomic mass is 19.3. The van der Waals surface area contributed by atoms with E-state index < -0.39 is 48.2 Å². The van der Waals surface area contributed by atoms with Crippen molar-refractivity contribution in [3.63, 3.8) is 0 Å². The van der Waals surface area contributed by atoms with Crippen LogP contribution < -0.4 is 11.1 Å². The molecule has 1 aliphatic rings. The number of aryl methyl sites for hydroxylation is 1. The molecule has 44 heavy (non-hydrogen) atoms. The third kappa shape index (κ3) is 5.27. The van der Waals surface area contributed by atoms with Gasteiger partial charge in [0.2, 0.25) is 17.6 Å². The smallest absolute Gasteiger partial charge is 0.305 e. The van der Waals surface area contributed by atoms with Crippen LogP contribution in [0.1, 0.15) is 35.4 Å². The van der Waals surface area contributed by atoms with Crippen molar-refractivity contribution in [2.24, 2.45) is 5.73 Å². The van der Waals surface area contributed by atoms with Crippen molar-refractivity contribution < 1.29 is 27.6 Å². The zero-order valence-corrected chi connectivity index (χ0v) is 23.3. The second kappa shape index (κ2) is 10.7. The van der Waals surface area contributed by atoms with Crippen molar-refractivity contribution >= 4 is 40.2 Å². The van der Waals surface area contributed by atoms with E-state index in [1.807, 2.05) is 0 Å². The number of rotatable bonds is 7. The van der Waals surface area contributed by atoms with Gasteiger partial charge >= 0.3 is 5.92 Å². The standard InChI is InChI=1S/C27H24F3N11O3/c1-13-7-20(41-26(34-13)36-25(38-41)27(2,29)30)35-24(44)19-9-16(28)11-39(19)21(42)12-40-18-4-3-14(15-5-6-32-33-10-15)8-17(18)22(37-40)23(31)43/h3-8,10,16,19H,9,11-12H2,1-2H3,(H2,31,43)(H,35,44)/t16-,19+/m1/s1. The number of anilines is 1. The van der Waals surface area contributed by atoms with Crippen molar-refractivity contribution in [2.45, 2.75) is 44.9 Å². The summed E-state index contributed by atoms with van der Waals surface area (Å²) in [5, 5.41) is 18.6. The second-order valence-electron chi connectivity index (χ2n) is 10.4. The van der Waals surface area contributed by atoms with Gasteiger partial charge in [-0.2, -0.15) is 33.6 Å². The number of benzene rings is 1. The van der Waals surface area contributed by atoms with E-state index in [1.54, 1.807) is 37.4 Å². The van der Waals surface area contributed by atoms with Gasteiger partial charge in [0.1, 0.15) is 24.6 Å². The summed E-state index contributed by atoms with van der Waals surface area (Å²) >= 11 is 0. The predicted octanol–water partition coefficient (Wildman–Crippen LogP) is 2.03. The maximum absolute atomic E-state index is 14.7. The van der Waals surface area contributed by atoms with Crippen LogP contribution in [0.5, 0.6) is 0 Å². The molecule has 5 heterocycles. The quantitative estimate of drug-likeness (QED) is 0.280. The number of aromatic nitrogens is 8. The number of halogens is 3. The van der Waals surface area contributed by atoms with Crippen LogP contribution >= 0.6 is 0 Å². The lowest BCUT2D eigenvalue weighted by Gasteiger charge is -2.23. The fraction of sp³-hybridized carbons (Fsp3) is 0.296. The first kappa shape index (κ1) is 28.6. The average Bonchev–Trinajstić information content (AvgIpc) is 3.68. The summed E-state index contributed by atoms with van der Waals surface area (Å²) in [4.78, 5) is 48.0. The average molecular weight is 608 g/mol. The number of nitrogens with two attached hydrogens (primary N) is 1. The first-order chi connectivity index (χ1) is 20.9. The molecule has 14 nitrogen and oxygen atoms in total. The number of carbonyl (C=O) groups excluding carboxylic acids is 3. The summed E-state index contributed by atoms with van der Waals surface area (Å²) in [5.41, 5.74) is 7.71. The van der Waals surface area contributed by atoms with Gasteiger partial charge in [0.25, 0.3) is 11.7 Å². The Morgan fingerprint density at radius 1 is 1.09 bits per heavy atom. The van der Waals surface area contributed by atoms with E-state index in [9.17, 15) is 27.6 Å². The first-order valence-corrected chi connectivity index (χ1v) is 13.3. The second-order valence-corrected chi connectivity index (χ2v) is 10.4. The van der Waals surface area contributed by atoms with E-state index in [0.717, 1.165) is 15.0 Å². The van der Waals surface area contributed by atoms with Gasteiger partial charge in [-0.1, -0.05) is 6.07 Å². The molecule has 2 atom stereocenters. The maximum Gasteiger partial charge on any atom is 0.305 e. The highest BCUT2D eigenvalue weighted by Gasteiger charge is 2.40. The molecule has 226 valence electrons. The number of fused-ring (bicyclic) bond motifs is 2. The number of carbonyl (C=O) groups is 3. The summed E-state index contributed by atoms with van der Waals surface area (Å²) in [6.45, 7) is 1.41. The van der Waals surface area contributed by atoms with Gasteiger partial charge in [-0.25, -0.2) is 9.37 Å². The van der Waals surface area contributed by atoms with Crippen molar-refractivity contribution in [3.05, 3.63) is 59.9 Å². The molecule has 1 fully saturated rings. The van der Waals surface area contributed by atoms with Crippen LogP contribution in [0.15, 0.2) is 42.7 Å². The van der Waals surface area contributed by atoms with Crippen LogP contribution in [0, 0.1) is 6.92 Å². The Balaban J connectivity index is 1.27. The maximum atomic E-state index is 14.7. The number of nitrogens with zero attached hydrogens (tertiary/aromatic N) is 9. The van der Waals surface area contributed by atoms with E-state index in [0.29, 0.717) is 29.1 Å². The van der Waals surface area contributed by atoms with Crippen LogP contribution in [0.3, 0.4) is 0 Å². The van der Waals surface area contributed by atoms with Crippen molar-refractivity contribution in [2.75, 3.05) is 11.9 Å². The lowest BCUT2D eigenvalue weighted by atomic mass is 10.0. The normalized spacial score (nSPS) is 17.0. The van der Waals surface area contributed by atoms with E-state index in [4.69, 9.17) is 5.73 Å². The molecular weight excluding hydrogens is 583 g/mol. The summed E-state index contributed by atoms with van der Waals surface area (Å²) in [6, 6.07) is 6.98. The summed E-state index contributed by atoms with van der Waals surface area (Å²) in [5.74, 6) is -6.56. The number of primary amides is 1. The highest BCUT2D eigenvalue weighted by molar-refractivity contribution is 6.05. The molecule has 3 amide bonds. The predicted molar refractivity (Wildman–Crippen MR) is 148 cm³/mol. The molecule has 0 aliphatic carbocycles. The zero-order valence-electron chi connectivity index (χ0n) is 23.3. The minimum absolute atomic E-state index is 0.0282. The third-order valence-electron chi connectivity index (χ3n) is 7.14.